The first-order chi connectivity index (χ1) is 20.1. The molecule has 0 saturated carbocycles. The van der Waals surface area contributed by atoms with Crippen molar-refractivity contribution >= 4 is 21.5 Å². The van der Waals surface area contributed by atoms with Crippen LogP contribution in [0.3, 0.4) is 0 Å². The van der Waals surface area contributed by atoms with Gasteiger partial charge in [-0.25, -0.2) is 0 Å². The van der Waals surface area contributed by atoms with Crippen LogP contribution in [0.25, 0.3) is 66.1 Å². The highest BCUT2D eigenvalue weighted by molar-refractivity contribution is 6.08. The van der Waals surface area contributed by atoms with Crippen LogP contribution in [0.15, 0.2) is 146 Å². The molecule has 0 heteroatoms. The van der Waals surface area contributed by atoms with Gasteiger partial charge in [0.25, 0.3) is 0 Å². The van der Waals surface area contributed by atoms with E-state index in [-0.39, 0.29) is 5.41 Å². The smallest absolute Gasteiger partial charge is 0.0159 e. The molecule has 0 fully saturated rings. The van der Waals surface area contributed by atoms with Crippen molar-refractivity contribution in [1.29, 1.82) is 0 Å². The fourth-order valence-corrected chi connectivity index (χ4v) is 6.83. The van der Waals surface area contributed by atoms with E-state index < -0.39 is 0 Å². The molecule has 7 aromatic rings. The largest absolute Gasteiger partial charge is 0.0619 e. The Morgan fingerprint density at radius 3 is 1.63 bits per heavy atom. The molecule has 0 saturated heterocycles. The van der Waals surface area contributed by atoms with E-state index in [2.05, 4.69) is 159 Å². The van der Waals surface area contributed by atoms with Crippen LogP contribution in [0.4, 0.5) is 0 Å². The lowest BCUT2D eigenvalue weighted by Gasteiger charge is -2.22. The van der Waals surface area contributed by atoms with Crippen LogP contribution >= 0.6 is 0 Å². The Kier molecular flexibility index (Phi) is 5.27. The van der Waals surface area contributed by atoms with Gasteiger partial charge in [0.05, 0.1) is 0 Å². The summed E-state index contributed by atoms with van der Waals surface area (Å²) in [6, 6.07) is 53.7. The zero-order valence-corrected chi connectivity index (χ0v) is 23.4. The molecule has 0 spiro atoms. The Hall–Kier alpha value is -4.94. The van der Waals surface area contributed by atoms with Gasteiger partial charge in [0.2, 0.25) is 0 Å². The van der Waals surface area contributed by atoms with E-state index in [0.717, 1.165) is 0 Å². The molecule has 194 valence electrons. The monoisotopic (exact) mass is 522 g/mol. The van der Waals surface area contributed by atoms with Crippen LogP contribution in [0.2, 0.25) is 0 Å². The molecule has 0 amide bonds. The molecule has 1 aliphatic rings. The summed E-state index contributed by atoms with van der Waals surface area (Å²) in [5, 5.41) is 5.17. The first-order valence-corrected chi connectivity index (χ1v) is 14.4. The first kappa shape index (κ1) is 23.9. The minimum atomic E-state index is 0.0000217. The molecule has 0 radical (unpaired) electrons. The average Bonchev–Trinajstić information content (AvgIpc) is 3.26. The van der Waals surface area contributed by atoms with E-state index in [1.807, 2.05) is 0 Å². The van der Waals surface area contributed by atoms with Gasteiger partial charge in [0, 0.05) is 5.41 Å². The van der Waals surface area contributed by atoms with Gasteiger partial charge in [-0.15, -0.1) is 0 Å². The second kappa shape index (κ2) is 9.04. The van der Waals surface area contributed by atoms with Crippen molar-refractivity contribution in [3.8, 4) is 44.5 Å². The summed E-state index contributed by atoms with van der Waals surface area (Å²) in [6.45, 7) is 4.69. The number of hydrogen-bond donors (Lipinski definition) is 0. The lowest BCUT2D eigenvalue weighted by molar-refractivity contribution is 0.660. The van der Waals surface area contributed by atoms with Crippen molar-refractivity contribution in [3.05, 3.63) is 157 Å². The predicted molar refractivity (Wildman–Crippen MR) is 175 cm³/mol. The lowest BCUT2D eigenvalue weighted by atomic mass is 9.81. The molecule has 0 aliphatic heterocycles. The van der Waals surface area contributed by atoms with Crippen molar-refractivity contribution in [1.82, 2.24) is 0 Å². The summed E-state index contributed by atoms with van der Waals surface area (Å²) in [7, 11) is 0. The summed E-state index contributed by atoms with van der Waals surface area (Å²) < 4.78 is 0. The third-order valence-electron chi connectivity index (χ3n) is 9.05. The van der Waals surface area contributed by atoms with Crippen LogP contribution < -0.4 is 0 Å². The summed E-state index contributed by atoms with van der Waals surface area (Å²) >= 11 is 0. The van der Waals surface area contributed by atoms with Crippen molar-refractivity contribution in [2.24, 2.45) is 0 Å². The average molecular weight is 523 g/mol. The second-order valence-corrected chi connectivity index (χ2v) is 11.8. The fraction of sp³-hybridized carbons (Fsp3) is 0.0732. The van der Waals surface area contributed by atoms with Gasteiger partial charge in [0.1, 0.15) is 0 Å². The quantitative estimate of drug-likeness (QED) is 0.202. The van der Waals surface area contributed by atoms with Gasteiger partial charge < -0.3 is 0 Å². The molecule has 0 N–H and O–H groups in total. The van der Waals surface area contributed by atoms with E-state index in [0.29, 0.717) is 0 Å². The number of fused-ring (bicyclic) bond motifs is 6. The highest BCUT2D eigenvalue weighted by Crippen LogP contribution is 2.49. The van der Waals surface area contributed by atoms with Crippen LogP contribution in [-0.4, -0.2) is 0 Å². The maximum atomic E-state index is 2.41. The van der Waals surface area contributed by atoms with E-state index >= 15 is 0 Å². The van der Waals surface area contributed by atoms with Gasteiger partial charge in [-0.2, -0.15) is 0 Å². The van der Waals surface area contributed by atoms with Crippen molar-refractivity contribution in [2.45, 2.75) is 19.3 Å². The maximum absolute atomic E-state index is 2.41. The molecule has 7 aromatic carbocycles. The highest BCUT2D eigenvalue weighted by Gasteiger charge is 2.35. The third kappa shape index (κ3) is 3.83. The minimum absolute atomic E-state index is 0.0000217. The zero-order valence-electron chi connectivity index (χ0n) is 23.4. The highest BCUT2D eigenvalue weighted by atomic mass is 14.4. The van der Waals surface area contributed by atoms with Crippen LogP contribution in [0, 0.1) is 0 Å². The molecule has 0 atom stereocenters. The minimum Gasteiger partial charge on any atom is -0.0619 e. The Balaban J connectivity index is 1.16. The van der Waals surface area contributed by atoms with Gasteiger partial charge in [0.15, 0.2) is 0 Å². The summed E-state index contributed by atoms with van der Waals surface area (Å²) in [5.41, 5.74) is 13.0. The standard InChI is InChI=1S/C41H30/c1-41(2)39-16-6-5-15-37(39)38-22-20-33(26-40(38)41)31-13-8-11-29(24-31)28-10-7-12-30(23-28)32-19-21-36-34(25-32)18-17-27-9-3-4-14-35(27)36/h3-26H,1-2H3. The van der Waals surface area contributed by atoms with Gasteiger partial charge in [-0.3, -0.25) is 0 Å². The Morgan fingerprint density at radius 2 is 0.878 bits per heavy atom. The third-order valence-corrected chi connectivity index (χ3v) is 9.05. The lowest BCUT2D eigenvalue weighted by Crippen LogP contribution is -2.14. The normalized spacial score (nSPS) is 13.3. The van der Waals surface area contributed by atoms with E-state index in [1.54, 1.807) is 0 Å². The topological polar surface area (TPSA) is 0 Å². The van der Waals surface area contributed by atoms with E-state index in [1.165, 1.54) is 77.2 Å². The van der Waals surface area contributed by atoms with E-state index in [4.69, 9.17) is 0 Å². The molecule has 0 unspecified atom stereocenters. The molecule has 0 aromatic heterocycles. The summed E-state index contributed by atoms with van der Waals surface area (Å²) in [5.74, 6) is 0. The van der Waals surface area contributed by atoms with Crippen LogP contribution in [0.1, 0.15) is 25.0 Å². The zero-order chi connectivity index (χ0) is 27.6. The Morgan fingerprint density at radius 1 is 0.341 bits per heavy atom. The van der Waals surface area contributed by atoms with E-state index in [9.17, 15) is 0 Å². The Labute approximate surface area is 241 Å². The SMILES string of the molecule is CC1(C)c2ccccc2-c2ccc(-c3cccc(-c4cccc(-c5ccc6c(ccc7ccccc76)c5)c4)c3)cc21. The summed E-state index contributed by atoms with van der Waals surface area (Å²) in [4.78, 5) is 0. The van der Waals surface area contributed by atoms with Crippen LogP contribution in [0.5, 0.6) is 0 Å². The number of rotatable bonds is 3. The van der Waals surface area contributed by atoms with Crippen molar-refractivity contribution in [3.63, 3.8) is 0 Å². The van der Waals surface area contributed by atoms with Crippen LogP contribution in [-0.2, 0) is 5.41 Å². The summed E-state index contributed by atoms with van der Waals surface area (Å²) in [6.07, 6.45) is 0. The van der Waals surface area contributed by atoms with Gasteiger partial charge in [-0.05, 0) is 101 Å². The first-order valence-electron chi connectivity index (χ1n) is 14.4. The molecule has 41 heavy (non-hydrogen) atoms. The maximum Gasteiger partial charge on any atom is 0.0159 e. The molecule has 0 heterocycles. The molecule has 8 rings (SSSR count). The molecule has 0 nitrogen and oxygen atoms in total. The predicted octanol–water partition coefficient (Wildman–Crippen LogP) is 11.3. The molecular weight excluding hydrogens is 492 g/mol. The van der Waals surface area contributed by atoms with Gasteiger partial charge >= 0.3 is 0 Å². The molecule has 1 aliphatic carbocycles. The molecule has 0 bridgehead atoms. The fourth-order valence-electron chi connectivity index (χ4n) is 6.83. The molecular formula is C41H30. The van der Waals surface area contributed by atoms with Crippen molar-refractivity contribution < 1.29 is 0 Å². The van der Waals surface area contributed by atoms with Crippen molar-refractivity contribution in [2.75, 3.05) is 0 Å². The number of hydrogen-bond acceptors (Lipinski definition) is 0. The second-order valence-electron chi connectivity index (χ2n) is 11.8. The number of benzene rings is 7. The Bertz CT molecular complexity index is 2130. The van der Waals surface area contributed by atoms with Gasteiger partial charge in [-0.1, -0.05) is 135 Å².